The van der Waals surface area contributed by atoms with Crippen molar-refractivity contribution in [1.29, 1.82) is 0 Å². The molecule has 0 spiro atoms. The first-order valence-electron chi connectivity index (χ1n) is 10.1. The zero-order valence-electron chi connectivity index (χ0n) is 16.5. The van der Waals surface area contributed by atoms with Crippen LogP contribution < -0.4 is 3.02 Å². The number of unbranched alkanes of at least 4 members (excludes halogenated alkanes) is 4. The van der Waals surface area contributed by atoms with Crippen LogP contribution in [-0.2, 0) is 0 Å². The molecular weight excluding hydrogens is 400 g/mol. The first-order valence-corrected chi connectivity index (χ1v) is 18.5. The molecule has 0 radical (unpaired) electrons. The van der Waals surface area contributed by atoms with Crippen LogP contribution in [0.2, 0.25) is 18.4 Å². The molecule has 0 bridgehead atoms. The summed E-state index contributed by atoms with van der Waals surface area (Å²) in [5.74, 6) is 0. The van der Waals surface area contributed by atoms with Gasteiger partial charge >= 0.3 is 164 Å². The molecular formula is C19H38LiNSSn. The first-order chi connectivity index (χ1) is 11.2. The van der Waals surface area contributed by atoms with E-state index in [-0.39, 0.29) is 0 Å². The van der Waals surface area contributed by atoms with Crippen molar-refractivity contribution in [3.8, 4) is 0 Å². The van der Waals surface area contributed by atoms with Crippen LogP contribution in [0.25, 0.3) is 0 Å². The molecule has 4 heteroatoms. The van der Waals surface area contributed by atoms with Crippen LogP contribution in [0.1, 0.15) is 79.1 Å². The third-order valence-corrected chi connectivity index (χ3v) is 23.3. The van der Waals surface area contributed by atoms with Crippen LogP contribution in [0.4, 0.5) is 0 Å². The van der Waals surface area contributed by atoms with Crippen molar-refractivity contribution < 1.29 is 0 Å². The van der Waals surface area contributed by atoms with E-state index in [0.29, 0.717) is 0 Å². The number of aromatic nitrogens is 1. The van der Waals surface area contributed by atoms with Crippen molar-refractivity contribution in [3.05, 3.63) is 11.6 Å². The minimum atomic E-state index is -2.12. The maximum absolute atomic E-state index is 4.76. The maximum atomic E-state index is 4.76. The fourth-order valence-electron chi connectivity index (χ4n) is 3.08. The van der Waals surface area contributed by atoms with Gasteiger partial charge in [0.1, 0.15) is 0 Å². The summed E-state index contributed by atoms with van der Waals surface area (Å²) in [6.07, 6.45) is 13.1. The van der Waals surface area contributed by atoms with Crippen LogP contribution in [0.5, 0.6) is 0 Å². The second kappa shape index (κ2) is 16.5. The molecule has 0 saturated heterocycles. The van der Waals surface area contributed by atoms with Gasteiger partial charge in [-0.1, -0.05) is 0 Å². The monoisotopic (exact) mass is 439 g/mol. The molecule has 0 saturated carbocycles. The minimum absolute atomic E-state index is 1.34. The summed E-state index contributed by atoms with van der Waals surface area (Å²) in [6.45, 7) is 9.21. The van der Waals surface area contributed by atoms with Crippen LogP contribution in [0, 0.1) is 0 Å². The van der Waals surface area contributed by atoms with E-state index in [1.807, 2.05) is 17.5 Å². The topological polar surface area (TPSA) is 12.9 Å². The molecule has 23 heavy (non-hydrogen) atoms. The molecule has 0 aliphatic carbocycles. The van der Waals surface area contributed by atoms with Gasteiger partial charge in [-0.3, -0.25) is 0 Å². The molecule has 1 heterocycles. The average Bonchev–Trinajstić information content (AvgIpc) is 3.11. The molecule has 0 unspecified atom stereocenters. The Labute approximate surface area is 163 Å². The molecule has 1 nitrogen and oxygen atoms in total. The van der Waals surface area contributed by atoms with Gasteiger partial charge in [-0.2, -0.15) is 0 Å². The van der Waals surface area contributed by atoms with E-state index in [2.05, 4.69) is 50.8 Å². The first kappa shape index (κ1) is 24.0. The molecule has 0 atom stereocenters. The van der Waals surface area contributed by atoms with Crippen LogP contribution in [0.3, 0.4) is 0 Å². The fourth-order valence-corrected chi connectivity index (χ4v) is 22.3. The van der Waals surface area contributed by atoms with E-state index in [1.165, 1.54) is 56.5 Å². The van der Waals surface area contributed by atoms with E-state index < -0.39 is 18.4 Å². The second-order valence-corrected chi connectivity index (χ2v) is 21.7. The van der Waals surface area contributed by atoms with Crippen molar-refractivity contribution in [2.45, 2.75) is 97.5 Å². The quantitative estimate of drug-likeness (QED) is 0.337. The van der Waals surface area contributed by atoms with Gasteiger partial charge < -0.3 is 0 Å². The summed E-state index contributed by atoms with van der Waals surface area (Å²) in [7, 11) is 0. The Morgan fingerprint density at radius 1 is 0.870 bits per heavy atom. The number of hydrogen-bond acceptors (Lipinski definition) is 2. The van der Waals surface area contributed by atoms with Gasteiger partial charge in [0.25, 0.3) is 0 Å². The molecule has 0 aliphatic rings. The molecule has 0 fully saturated rings. The Morgan fingerprint density at radius 2 is 1.35 bits per heavy atom. The molecule has 1 aromatic rings. The molecule has 1 rings (SSSR count). The average molecular weight is 438 g/mol. The van der Waals surface area contributed by atoms with Crippen molar-refractivity contribution in [3.63, 3.8) is 0 Å². The van der Waals surface area contributed by atoms with E-state index in [0.717, 1.165) is 0 Å². The van der Waals surface area contributed by atoms with E-state index in [9.17, 15) is 0 Å². The molecule has 0 N–H and O–H groups in total. The predicted octanol–water partition coefficient (Wildman–Crippen LogP) is 6.57. The van der Waals surface area contributed by atoms with Crippen molar-refractivity contribution in [2.75, 3.05) is 0 Å². The summed E-state index contributed by atoms with van der Waals surface area (Å²) in [5, 5.41) is 3.54. The van der Waals surface area contributed by atoms with Crippen molar-refractivity contribution >= 4 is 50.5 Å². The predicted molar refractivity (Wildman–Crippen MR) is 112 cm³/mol. The number of thiazole rings is 1. The van der Waals surface area contributed by atoms with Gasteiger partial charge in [-0.25, -0.2) is 0 Å². The molecule has 0 aliphatic heterocycles. The van der Waals surface area contributed by atoms with Gasteiger partial charge in [-0.15, -0.1) is 0 Å². The summed E-state index contributed by atoms with van der Waals surface area (Å²) < 4.78 is 6.23. The second-order valence-electron chi connectivity index (χ2n) is 6.78. The molecule has 0 amide bonds. The third kappa shape index (κ3) is 10.6. The Kier molecular flexibility index (Phi) is 17.2. The normalized spacial score (nSPS) is 11.2. The van der Waals surface area contributed by atoms with Crippen LogP contribution in [0.15, 0.2) is 11.6 Å². The van der Waals surface area contributed by atoms with Gasteiger partial charge in [0.15, 0.2) is 0 Å². The summed E-state index contributed by atoms with van der Waals surface area (Å²) in [5.41, 5.74) is 0. The van der Waals surface area contributed by atoms with Gasteiger partial charge in [0.05, 0.1) is 0 Å². The Morgan fingerprint density at radius 3 is 1.61 bits per heavy atom. The molecule has 1 aromatic heterocycles. The van der Waals surface area contributed by atoms with Gasteiger partial charge in [0.2, 0.25) is 0 Å². The fraction of sp³-hybridized carbons (Fsp3) is 0.842. The standard InChI is InChI=1S/4C4H9.C3H2NS.Li.Sn/c4*1-3-4-2;1-2-5-3-4-1;;/h4*1,3-4H2,2H3;1-2H;;. The Balaban J connectivity index is 0.000000841. The molecule has 130 valence electrons. The number of hydrogen-bond donors (Lipinski definition) is 0. The van der Waals surface area contributed by atoms with E-state index in [4.69, 9.17) is 4.98 Å². The Bertz CT molecular complexity index is 319. The van der Waals surface area contributed by atoms with E-state index in [1.54, 1.807) is 16.3 Å². The van der Waals surface area contributed by atoms with Crippen LogP contribution in [-0.4, -0.2) is 41.1 Å². The van der Waals surface area contributed by atoms with E-state index >= 15 is 0 Å². The third-order valence-electron chi connectivity index (χ3n) is 4.62. The zero-order valence-corrected chi connectivity index (χ0v) is 20.2. The summed E-state index contributed by atoms with van der Waals surface area (Å²) in [6, 6.07) is 0. The molecule has 0 aromatic carbocycles. The van der Waals surface area contributed by atoms with Crippen molar-refractivity contribution in [1.82, 2.24) is 4.98 Å². The van der Waals surface area contributed by atoms with Crippen molar-refractivity contribution in [2.24, 2.45) is 0 Å². The van der Waals surface area contributed by atoms with Gasteiger partial charge in [-0.05, 0) is 0 Å². The summed E-state index contributed by atoms with van der Waals surface area (Å²) in [4.78, 5) is 4.76. The number of rotatable bonds is 12. The SMILES string of the molecule is CCC[CH2][Sn]([CH2]CCC)([CH2]CCC)[c]1nccs1.[Li][CH2]CCC. The zero-order chi connectivity index (χ0) is 17.4. The van der Waals surface area contributed by atoms with Crippen LogP contribution >= 0.6 is 11.3 Å². The Hall–Kier alpha value is 1.03. The summed E-state index contributed by atoms with van der Waals surface area (Å²) >= 11 is 2.05. The number of nitrogens with zero attached hydrogens (tertiary/aromatic N) is 1. The van der Waals surface area contributed by atoms with Gasteiger partial charge in [0, 0.05) is 0 Å².